The van der Waals surface area contributed by atoms with Crippen LogP contribution in [0.2, 0.25) is 0 Å². The number of rotatable bonds is 7. The van der Waals surface area contributed by atoms with Crippen molar-refractivity contribution in [2.75, 3.05) is 13.2 Å². The summed E-state index contributed by atoms with van der Waals surface area (Å²) in [4.78, 5) is 11.5. The Morgan fingerprint density at radius 2 is 1.90 bits per heavy atom. The standard InChI is InChI=1S/C14H19NO4S/c1-4-19-14(16)12(3)9-10-15-20(17,18)13-7-5-11(2)6-8-13/h5-8,15H,3-4,9-10H2,1-2H3. The molecule has 6 heteroatoms. The maximum absolute atomic E-state index is 12.0. The van der Waals surface area contributed by atoms with Crippen molar-refractivity contribution in [2.24, 2.45) is 0 Å². The van der Waals surface area contributed by atoms with Crippen molar-refractivity contribution in [1.29, 1.82) is 0 Å². The number of aryl methyl sites for hydroxylation is 1. The highest BCUT2D eigenvalue weighted by Crippen LogP contribution is 2.10. The second-order valence-electron chi connectivity index (χ2n) is 4.28. The number of benzene rings is 1. The largest absolute Gasteiger partial charge is 0.463 e. The second-order valence-corrected chi connectivity index (χ2v) is 6.05. The summed E-state index contributed by atoms with van der Waals surface area (Å²) in [6.07, 6.45) is 0.212. The molecule has 1 N–H and O–H groups in total. The molecule has 0 atom stereocenters. The van der Waals surface area contributed by atoms with E-state index in [0.717, 1.165) is 5.56 Å². The first-order valence-electron chi connectivity index (χ1n) is 6.28. The average molecular weight is 297 g/mol. The van der Waals surface area contributed by atoms with Crippen LogP contribution in [0.5, 0.6) is 0 Å². The molecule has 0 saturated carbocycles. The topological polar surface area (TPSA) is 72.5 Å². The minimum atomic E-state index is -3.55. The number of carbonyl (C=O) groups is 1. The van der Waals surface area contributed by atoms with Crippen LogP contribution in [-0.4, -0.2) is 27.5 Å². The lowest BCUT2D eigenvalue weighted by Gasteiger charge is -2.08. The molecule has 1 rings (SSSR count). The Labute approximate surface area is 119 Å². The third-order valence-corrected chi connectivity index (χ3v) is 4.09. The highest BCUT2D eigenvalue weighted by molar-refractivity contribution is 7.89. The van der Waals surface area contributed by atoms with Crippen molar-refractivity contribution in [3.05, 3.63) is 42.0 Å². The van der Waals surface area contributed by atoms with E-state index in [0.29, 0.717) is 0 Å². The average Bonchev–Trinajstić information content (AvgIpc) is 2.39. The first kappa shape index (κ1) is 16.4. The molecule has 0 aliphatic rings. The highest BCUT2D eigenvalue weighted by atomic mass is 32.2. The third-order valence-electron chi connectivity index (χ3n) is 2.61. The molecule has 110 valence electrons. The fourth-order valence-corrected chi connectivity index (χ4v) is 2.50. The van der Waals surface area contributed by atoms with Crippen LogP contribution in [0.25, 0.3) is 0 Å². The van der Waals surface area contributed by atoms with E-state index in [2.05, 4.69) is 11.3 Å². The maximum Gasteiger partial charge on any atom is 0.333 e. The van der Waals surface area contributed by atoms with Crippen LogP contribution in [-0.2, 0) is 19.6 Å². The number of nitrogens with one attached hydrogen (secondary N) is 1. The zero-order valence-electron chi connectivity index (χ0n) is 11.7. The number of ether oxygens (including phenoxy) is 1. The van der Waals surface area contributed by atoms with Crippen molar-refractivity contribution >= 4 is 16.0 Å². The lowest BCUT2D eigenvalue weighted by Crippen LogP contribution is -2.25. The summed E-state index contributed by atoms with van der Waals surface area (Å²) in [5, 5.41) is 0. The van der Waals surface area contributed by atoms with Crippen LogP contribution >= 0.6 is 0 Å². The van der Waals surface area contributed by atoms with Gasteiger partial charge in [-0.05, 0) is 32.4 Å². The van der Waals surface area contributed by atoms with Gasteiger partial charge in [0.15, 0.2) is 0 Å². The molecule has 0 bridgehead atoms. The summed E-state index contributed by atoms with van der Waals surface area (Å²) in [5.41, 5.74) is 1.23. The van der Waals surface area contributed by atoms with E-state index in [1.54, 1.807) is 19.1 Å². The molecule has 0 radical (unpaired) electrons. The third kappa shape index (κ3) is 4.79. The van der Waals surface area contributed by atoms with Crippen LogP contribution in [0.15, 0.2) is 41.3 Å². The van der Waals surface area contributed by atoms with E-state index in [1.807, 2.05) is 6.92 Å². The molecule has 0 amide bonds. The monoisotopic (exact) mass is 297 g/mol. The first-order valence-corrected chi connectivity index (χ1v) is 7.76. The van der Waals surface area contributed by atoms with E-state index in [-0.39, 0.29) is 30.0 Å². The zero-order chi connectivity index (χ0) is 15.2. The molecule has 1 aromatic rings. The predicted octanol–water partition coefficient (Wildman–Crippen LogP) is 1.78. The van der Waals surface area contributed by atoms with Crippen LogP contribution < -0.4 is 4.72 Å². The van der Waals surface area contributed by atoms with Gasteiger partial charge in [0.1, 0.15) is 0 Å². The fraction of sp³-hybridized carbons (Fsp3) is 0.357. The summed E-state index contributed by atoms with van der Waals surface area (Å²) in [6.45, 7) is 7.53. The summed E-state index contributed by atoms with van der Waals surface area (Å²) < 4.78 is 31.1. The fourth-order valence-electron chi connectivity index (χ4n) is 1.47. The van der Waals surface area contributed by atoms with E-state index in [4.69, 9.17) is 4.74 Å². The summed E-state index contributed by atoms with van der Waals surface area (Å²) in [5.74, 6) is -0.498. The van der Waals surface area contributed by atoms with Crippen LogP contribution in [0.1, 0.15) is 18.9 Å². The molecule has 0 aliphatic carbocycles. The Kier molecular flexibility index (Phi) is 5.91. The van der Waals surface area contributed by atoms with Gasteiger partial charge in [-0.25, -0.2) is 17.9 Å². The Balaban J connectivity index is 2.54. The molecular weight excluding hydrogens is 278 g/mol. The van der Waals surface area contributed by atoms with Crippen molar-refractivity contribution in [3.8, 4) is 0 Å². The first-order chi connectivity index (χ1) is 9.36. The second kappa shape index (κ2) is 7.21. The molecule has 0 aliphatic heterocycles. The van der Waals surface area contributed by atoms with Crippen molar-refractivity contribution in [2.45, 2.75) is 25.2 Å². The van der Waals surface area contributed by atoms with Gasteiger partial charge >= 0.3 is 5.97 Å². The quantitative estimate of drug-likeness (QED) is 0.615. The Hall–Kier alpha value is -1.66. The maximum atomic E-state index is 12.0. The van der Waals surface area contributed by atoms with Crippen molar-refractivity contribution in [3.63, 3.8) is 0 Å². The number of esters is 1. The van der Waals surface area contributed by atoms with Crippen molar-refractivity contribution in [1.82, 2.24) is 4.72 Å². The van der Waals surface area contributed by atoms with Crippen molar-refractivity contribution < 1.29 is 17.9 Å². The predicted molar refractivity (Wildman–Crippen MR) is 76.8 cm³/mol. The van der Waals surface area contributed by atoms with E-state index in [9.17, 15) is 13.2 Å². The smallest absolute Gasteiger partial charge is 0.333 e. The highest BCUT2D eigenvalue weighted by Gasteiger charge is 2.14. The van der Waals surface area contributed by atoms with Gasteiger partial charge in [-0.2, -0.15) is 0 Å². The molecule has 0 fully saturated rings. The van der Waals surface area contributed by atoms with Gasteiger partial charge in [0.2, 0.25) is 10.0 Å². The number of sulfonamides is 1. The molecule has 0 aromatic heterocycles. The molecule has 0 unspecified atom stereocenters. The van der Waals surface area contributed by atoms with Crippen LogP contribution in [0.4, 0.5) is 0 Å². The Bertz CT molecular complexity index is 576. The van der Waals surface area contributed by atoms with Gasteiger partial charge < -0.3 is 4.74 Å². The minimum Gasteiger partial charge on any atom is -0.463 e. The number of hydrogen-bond acceptors (Lipinski definition) is 4. The molecular formula is C14H19NO4S. The summed E-state index contributed by atoms with van der Waals surface area (Å²) >= 11 is 0. The van der Waals surface area contributed by atoms with E-state index < -0.39 is 16.0 Å². The molecule has 1 aromatic carbocycles. The summed E-state index contributed by atoms with van der Waals surface area (Å²) in [7, 11) is -3.55. The van der Waals surface area contributed by atoms with Gasteiger partial charge in [0.25, 0.3) is 0 Å². The molecule has 0 heterocycles. The van der Waals surface area contributed by atoms with Gasteiger partial charge in [-0.15, -0.1) is 0 Å². The SMILES string of the molecule is C=C(CCNS(=O)(=O)c1ccc(C)cc1)C(=O)OCC. The lowest BCUT2D eigenvalue weighted by atomic mass is 10.2. The summed E-state index contributed by atoms with van der Waals surface area (Å²) in [6, 6.07) is 6.54. The lowest BCUT2D eigenvalue weighted by molar-refractivity contribution is -0.138. The van der Waals surface area contributed by atoms with Gasteiger partial charge in [-0.3, -0.25) is 0 Å². The molecule has 0 saturated heterocycles. The van der Waals surface area contributed by atoms with Gasteiger partial charge in [0, 0.05) is 12.1 Å². The Morgan fingerprint density at radius 1 is 1.30 bits per heavy atom. The minimum absolute atomic E-state index is 0.105. The molecule has 5 nitrogen and oxygen atoms in total. The Morgan fingerprint density at radius 3 is 2.45 bits per heavy atom. The molecule has 0 spiro atoms. The number of hydrogen-bond donors (Lipinski definition) is 1. The van der Waals surface area contributed by atoms with Crippen LogP contribution in [0, 0.1) is 6.92 Å². The van der Waals surface area contributed by atoms with Crippen LogP contribution in [0.3, 0.4) is 0 Å². The van der Waals surface area contributed by atoms with E-state index in [1.165, 1.54) is 12.1 Å². The van der Waals surface area contributed by atoms with Gasteiger partial charge in [0.05, 0.1) is 11.5 Å². The van der Waals surface area contributed by atoms with Gasteiger partial charge in [-0.1, -0.05) is 24.3 Å². The number of carbonyl (C=O) groups excluding carboxylic acids is 1. The molecule has 20 heavy (non-hydrogen) atoms. The zero-order valence-corrected chi connectivity index (χ0v) is 12.5. The van der Waals surface area contributed by atoms with E-state index >= 15 is 0 Å². The normalized spacial score (nSPS) is 11.1.